The molecule has 9 N–H and O–H groups in total. The van der Waals surface area contributed by atoms with Crippen LogP contribution in [0.3, 0.4) is 0 Å². The number of aliphatic carboxylic acids is 1. The molecule has 12 heteroatoms. The van der Waals surface area contributed by atoms with Crippen LogP contribution in [0.1, 0.15) is 18.9 Å². The molecule has 3 atom stereocenters. The SMILES string of the molecule is CC(NC(=O)CNC(=O)C(Cc1ccc(O)cc1)NC(=O)C(N)CC(N)=O)C(=O)O. The van der Waals surface area contributed by atoms with Gasteiger partial charge in [-0.15, -0.1) is 0 Å². The van der Waals surface area contributed by atoms with Crippen LogP contribution in [0.2, 0.25) is 0 Å². The molecule has 0 saturated carbocycles. The minimum Gasteiger partial charge on any atom is -0.508 e. The van der Waals surface area contributed by atoms with Crippen molar-refractivity contribution in [1.29, 1.82) is 0 Å². The standard InChI is InChI=1S/C18H25N5O7/c1-9(18(29)30)22-15(26)8-21-17(28)13(6-10-2-4-11(24)5-3-10)23-16(27)12(19)7-14(20)25/h2-5,9,12-13,24H,6-8,19H2,1H3,(H2,20,25)(H,21,28)(H,22,26)(H,23,27)(H,29,30). The van der Waals surface area contributed by atoms with Crippen LogP contribution in [0.15, 0.2) is 24.3 Å². The molecule has 3 unspecified atom stereocenters. The molecule has 1 aromatic rings. The largest absolute Gasteiger partial charge is 0.508 e. The predicted molar refractivity (Wildman–Crippen MR) is 104 cm³/mol. The smallest absolute Gasteiger partial charge is 0.325 e. The van der Waals surface area contributed by atoms with Crippen LogP contribution < -0.4 is 27.4 Å². The number of carboxylic acids is 1. The Bertz CT molecular complexity index is 797. The highest BCUT2D eigenvalue weighted by molar-refractivity contribution is 5.94. The number of rotatable bonds is 11. The number of carbonyl (C=O) groups excluding carboxylic acids is 4. The van der Waals surface area contributed by atoms with Gasteiger partial charge in [0.15, 0.2) is 0 Å². The Balaban J connectivity index is 2.82. The van der Waals surface area contributed by atoms with Gasteiger partial charge in [0.25, 0.3) is 0 Å². The van der Waals surface area contributed by atoms with E-state index < -0.39 is 60.7 Å². The second kappa shape index (κ2) is 11.4. The van der Waals surface area contributed by atoms with Crippen molar-refractivity contribution < 1.29 is 34.2 Å². The first-order valence-corrected chi connectivity index (χ1v) is 8.91. The predicted octanol–water partition coefficient (Wildman–Crippen LogP) is -2.67. The van der Waals surface area contributed by atoms with Gasteiger partial charge in [-0.25, -0.2) is 0 Å². The van der Waals surface area contributed by atoms with Crippen molar-refractivity contribution in [2.45, 2.75) is 37.9 Å². The van der Waals surface area contributed by atoms with Gasteiger partial charge in [-0.1, -0.05) is 12.1 Å². The highest BCUT2D eigenvalue weighted by atomic mass is 16.4. The Hall–Kier alpha value is -3.67. The van der Waals surface area contributed by atoms with Crippen LogP contribution in [-0.4, -0.2) is 64.5 Å². The van der Waals surface area contributed by atoms with Crippen molar-refractivity contribution in [2.75, 3.05) is 6.54 Å². The summed E-state index contributed by atoms with van der Waals surface area (Å²) >= 11 is 0. The van der Waals surface area contributed by atoms with E-state index in [0.29, 0.717) is 5.56 Å². The number of amides is 4. The van der Waals surface area contributed by atoms with Crippen LogP contribution in [0, 0.1) is 0 Å². The Morgan fingerprint density at radius 2 is 1.63 bits per heavy atom. The summed E-state index contributed by atoms with van der Waals surface area (Å²) in [6.45, 7) is 0.738. The summed E-state index contributed by atoms with van der Waals surface area (Å²) in [5.41, 5.74) is 11.2. The second-order valence-electron chi connectivity index (χ2n) is 6.55. The Kier molecular flexibility index (Phi) is 9.23. The third kappa shape index (κ3) is 8.56. The highest BCUT2D eigenvalue weighted by Gasteiger charge is 2.25. The number of phenolic OH excluding ortho intramolecular Hbond substituents is 1. The fourth-order valence-corrected chi connectivity index (χ4v) is 2.31. The van der Waals surface area contributed by atoms with Crippen molar-refractivity contribution in [3.8, 4) is 5.75 Å². The number of hydrogen-bond donors (Lipinski definition) is 7. The summed E-state index contributed by atoms with van der Waals surface area (Å²) in [6, 6.07) is 2.28. The van der Waals surface area contributed by atoms with Crippen molar-refractivity contribution in [1.82, 2.24) is 16.0 Å². The van der Waals surface area contributed by atoms with Crippen LogP contribution in [0.25, 0.3) is 0 Å². The molecule has 164 valence electrons. The quantitative estimate of drug-likeness (QED) is 0.199. The molecule has 0 aliphatic heterocycles. The van der Waals surface area contributed by atoms with Crippen molar-refractivity contribution in [2.24, 2.45) is 11.5 Å². The monoisotopic (exact) mass is 423 g/mol. The number of aromatic hydroxyl groups is 1. The topological polar surface area (TPSA) is 214 Å². The van der Waals surface area contributed by atoms with E-state index >= 15 is 0 Å². The van der Waals surface area contributed by atoms with Crippen LogP contribution in [-0.2, 0) is 30.4 Å². The Labute approximate surface area is 172 Å². The molecular formula is C18H25N5O7. The van der Waals surface area contributed by atoms with E-state index in [-0.39, 0.29) is 12.2 Å². The van der Waals surface area contributed by atoms with Gasteiger partial charge in [-0.2, -0.15) is 0 Å². The first-order chi connectivity index (χ1) is 14.0. The van der Waals surface area contributed by atoms with Crippen molar-refractivity contribution in [3.63, 3.8) is 0 Å². The van der Waals surface area contributed by atoms with E-state index in [0.717, 1.165) is 0 Å². The Morgan fingerprint density at radius 3 is 2.17 bits per heavy atom. The average molecular weight is 423 g/mol. The van der Waals surface area contributed by atoms with E-state index in [1.165, 1.54) is 31.2 Å². The second-order valence-corrected chi connectivity index (χ2v) is 6.55. The first-order valence-electron chi connectivity index (χ1n) is 8.91. The molecule has 0 aliphatic carbocycles. The number of carboxylic acid groups (broad SMARTS) is 1. The summed E-state index contributed by atoms with van der Waals surface area (Å²) in [5, 5.41) is 25.0. The van der Waals surface area contributed by atoms with E-state index in [1.807, 2.05) is 0 Å². The zero-order valence-corrected chi connectivity index (χ0v) is 16.3. The summed E-state index contributed by atoms with van der Waals surface area (Å²) in [6.07, 6.45) is -0.427. The molecular weight excluding hydrogens is 398 g/mol. The molecule has 0 heterocycles. The number of phenols is 1. The maximum atomic E-state index is 12.5. The van der Waals surface area contributed by atoms with Gasteiger partial charge in [0.05, 0.1) is 19.0 Å². The molecule has 12 nitrogen and oxygen atoms in total. The van der Waals surface area contributed by atoms with Crippen molar-refractivity contribution in [3.05, 3.63) is 29.8 Å². The number of primary amides is 1. The van der Waals surface area contributed by atoms with Crippen LogP contribution in [0.4, 0.5) is 0 Å². The lowest BCUT2D eigenvalue weighted by atomic mass is 10.0. The fraction of sp³-hybridized carbons (Fsp3) is 0.389. The highest BCUT2D eigenvalue weighted by Crippen LogP contribution is 2.11. The number of carbonyl (C=O) groups is 5. The number of nitrogens with one attached hydrogen (secondary N) is 3. The van der Waals surface area contributed by atoms with Gasteiger partial charge in [-0.3, -0.25) is 24.0 Å². The lowest BCUT2D eigenvalue weighted by molar-refractivity contribution is -0.141. The van der Waals surface area contributed by atoms with E-state index in [1.54, 1.807) is 0 Å². The number of benzene rings is 1. The van der Waals surface area contributed by atoms with Crippen LogP contribution in [0.5, 0.6) is 5.75 Å². The van der Waals surface area contributed by atoms with Gasteiger partial charge in [0.1, 0.15) is 17.8 Å². The summed E-state index contributed by atoms with van der Waals surface area (Å²) < 4.78 is 0. The van der Waals surface area contributed by atoms with E-state index in [2.05, 4.69) is 16.0 Å². The number of hydrogen-bond acceptors (Lipinski definition) is 7. The molecule has 0 spiro atoms. The molecule has 0 aromatic heterocycles. The van der Waals surface area contributed by atoms with Gasteiger partial charge >= 0.3 is 5.97 Å². The zero-order chi connectivity index (χ0) is 22.8. The third-order valence-electron chi connectivity index (χ3n) is 3.94. The number of nitrogens with two attached hydrogens (primary N) is 2. The molecule has 1 aromatic carbocycles. The summed E-state index contributed by atoms with van der Waals surface area (Å²) in [7, 11) is 0. The molecule has 1 rings (SSSR count). The average Bonchev–Trinajstić information content (AvgIpc) is 2.66. The molecule has 0 saturated heterocycles. The Morgan fingerprint density at radius 1 is 1.03 bits per heavy atom. The summed E-state index contributed by atoms with van der Waals surface area (Å²) in [5.74, 6) is -4.29. The van der Waals surface area contributed by atoms with Crippen LogP contribution >= 0.6 is 0 Å². The molecule has 0 radical (unpaired) electrons. The third-order valence-corrected chi connectivity index (χ3v) is 3.94. The minimum absolute atomic E-state index is 0.00566. The van der Waals surface area contributed by atoms with Gasteiger partial charge < -0.3 is 37.6 Å². The molecule has 30 heavy (non-hydrogen) atoms. The lowest BCUT2D eigenvalue weighted by Crippen LogP contribution is -2.54. The van der Waals surface area contributed by atoms with E-state index in [9.17, 15) is 29.1 Å². The zero-order valence-electron chi connectivity index (χ0n) is 16.3. The molecule has 4 amide bonds. The maximum Gasteiger partial charge on any atom is 0.325 e. The molecule has 0 aliphatic rings. The molecule has 0 fully saturated rings. The first kappa shape index (κ1) is 24.4. The summed E-state index contributed by atoms with van der Waals surface area (Å²) in [4.78, 5) is 58.2. The normalized spacial score (nSPS) is 13.4. The maximum absolute atomic E-state index is 12.5. The van der Waals surface area contributed by atoms with Gasteiger partial charge in [0, 0.05) is 6.42 Å². The lowest BCUT2D eigenvalue weighted by Gasteiger charge is -2.20. The van der Waals surface area contributed by atoms with Gasteiger partial charge in [0.2, 0.25) is 23.6 Å². The fourth-order valence-electron chi connectivity index (χ4n) is 2.31. The van der Waals surface area contributed by atoms with Crippen molar-refractivity contribution >= 4 is 29.6 Å². The minimum atomic E-state index is -1.27. The van der Waals surface area contributed by atoms with Gasteiger partial charge in [-0.05, 0) is 24.6 Å². The molecule has 0 bridgehead atoms. The van der Waals surface area contributed by atoms with E-state index in [4.69, 9.17) is 16.6 Å².